The first kappa shape index (κ1) is 25.7. The van der Waals surface area contributed by atoms with Crippen molar-refractivity contribution in [3.8, 4) is 12.3 Å². The molecule has 0 fully saturated rings. The summed E-state index contributed by atoms with van der Waals surface area (Å²) >= 11 is 0. The van der Waals surface area contributed by atoms with Crippen LogP contribution in [-0.4, -0.2) is 41.8 Å². The number of nitrogens with one attached hydrogen (secondary N) is 2. The Morgan fingerprint density at radius 2 is 1.94 bits per heavy atom. The van der Waals surface area contributed by atoms with Crippen molar-refractivity contribution in [3.05, 3.63) is 58.4 Å². The molecule has 0 aliphatic rings. The second-order valence-electron chi connectivity index (χ2n) is 6.53. The predicted molar refractivity (Wildman–Crippen MR) is 112 cm³/mol. The molecule has 33 heavy (non-hydrogen) atoms. The smallest absolute Gasteiger partial charge is 0.277 e. The monoisotopic (exact) mass is 465 g/mol. The van der Waals surface area contributed by atoms with Crippen molar-refractivity contribution in [2.75, 3.05) is 25.1 Å². The number of amides is 2. The summed E-state index contributed by atoms with van der Waals surface area (Å²) in [5.41, 5.74) is 0.404. The van der Waals surface area contributed by atoms with E-state index in [2.05, 4.69) is 11.2 Å². The maximum Gasteiger partial charge on any atom is 0.277 e. The van der Waals surface area contributed by atoms with Crippen LogP contribution in [0.1, 0.15) is 35.3 Å². The van der Waals surface area contributed by atoms with E-state index in [4.69, 9.17) is 21.2 Å². The lowest BCUT2D eigenvalue weighted by Crippen LogP contribution is -2.30. The molecule has 3 N–H and O–H groups in total. The average molecular weight is 465 g/mol. The summed E-state index contributed by atoms with van der Waals surface area (Å²) in [5.74, 6) is -3.10. The number of halogens is 3. The average Bonchev–Trinajstić information content (AvgIpc) is 2.79. The molecule has 8 nitrogen and oxygen atoms in total. The van der Waals surface area contributed by atoms with E-state index in [0.717, 1.165) is 17.2 Å². The molecule has 0 atom stereocenters. The molecule has 0 heterocycles. The predicted octanol–water partition coefficient (Wildman–Crippen LogP) is 2.78. The van der Waals surface area contributed by atoms with Gasteiger partial charge in [0.2, 0.25) is 5.91 Å². The molecule has 0 saturated carbocycles. The maximum absolute atomic E-state index is 15.1. The van der Waals surface area contributed by atoms with E-state index >= 15 is 4.39 Å². The SMILES string of the molecule is C#Cc1ccc(Nc2c(C(=O)NOCCO)cc(CN(OCC)C(C)=O)c(F)c2F)c(F)c1. The number of rotatable bonds is 10. The third-order valence-electron chi connectivity index (χ3n) is 4.23. The first-order valence-electron chi connectivity index (χ1n) is 9.71. The fourth-order valence-corrected chi connectivity index (χ4v) is 2.71. The molecule has 0 aliphatic carbocycles. The van der Waals surface area contributed by atoms with E-state index in [1.807, 2.05) is 5.48 Å². The molecule has 0 saturated heterocycles. The number of benzene rings is 2. The molecule has 0 bridgehead atoms. The van der Waals surface area contributed by atoms with E-state index in [-0.39, 0.29) is 30.0 Å². The molecule has 0 aromatic heterocycles. The van der Waals surface area contributed by atoms with E-state index in [9.17, 15) is 18.4 Å². The number of anilines is 2. The number of nitrogens with zero attached hydrogens (tertiary/aromatic N) is 1. The third-order valence-corrected chi connectivity index (χ3v) is 4.23. The van der Waals surface area contributed by atoms with E-state index in [1.165, 1.54) is 19.1 Å². The van der Waals surface area contributed by atoms with Crippen LogP contribution >= 0.6 is 0 Å². The summed E-state index contributed by atoms with van der Waals surface area (Å²) in [4.78, 5) is 34.2. The minimum absolute atomic E-state index is 0.0819. The topological polar surface area (TPSA) is 100 Å². The van der Waals surface area contributed by atoms with Gasteiger partial charge in [-0.15, -0.1) is 6.42 Å². The van der Waals surface area contributed by atoms with Gasteiger partial charge in [0.25, 0.3) is 5.91 Å². The van der Waals surface area contributed by atoms with Gasteiger partial charge in [-0.1, -0.05) is 5.92 Å². The highest BCUT2D eigenvalue weighted by molar-refractivity contribution is 6.00. The molecule has 0 unspecified atom stereocenters. The quantitative estimate of drug-likeness (QED) is 0.284. The van der Waals surface area contributed by atoms with Crippen molar-refractivity contribution in [1.82, 2.24) is 10.5 Å². The second kappa shape index (κ2) is 11.9. The summed E-state index contributed by atoms with van der Waals surface area (Å²) < 4.78 is 44.3. The van der Waals surface area contributed by atoms with Crippen molar-refractivity contribution in [2.45, 2.75) is 20.4 Å². The Labute approximate surface area is 188 Å². The van der Waals surface area contributed by atoms with Crippen molar-refractivity contribution in [1.29, 1.82) is 0 Å². The van der Waals surface area contributed by atoms with Gasteiger partial charge in [0.1, 0.15) is 5.82 Å². The van der Waals surface area contributed by atoms with Crippen LogP contribution in [0.15, 0.2) is 24.3 Å². The highest BCUT2D eigenvalue weighted by Crippen LogP contribution is 2.31. The zero-order valence-electron chi connectivity index (χ0n) is 17.9. The van der Waals surface area contributed by atoms with Gasteiger partial charge < -0.3 is 10.4 Å². The first-order valence-corrected chi connectivity index (χ1v) is 9.71. The van der Waals surface area contributed by atoms with E-state index in [0.29, 0.717) is 0 Å². The van der Waals surface area contributed by atoms with Crippen molar-refractivity contribution in [3.63, 3.8) is 0 Å². The molecule has 11 heteroatoms. The van der Waals surface area contributed by atoms with Gasteiger partial charge in [0, 0.05) is 18.1 Å². The van der Waals surface area contributed by atoms with Crippen LogP contribution < -0.4 is 10.8 Å². The number of aliphatic hydroxyl groups is 1. The minimum Gasteiger partial charge on any atom is -0.394 e. The Kier molecular flexibility index (Phi) is 9.23. The van der Waals surface area contributed by atoms with Gasteiger partial charge in [0.15, 0.2) is 11.6 Å². The van der Waals surface area contributed by atoms with Gasteiger partial charge in [0.05, 0.1) is 43.3 Å². The van der Waals surface area contributed by atoms with Gasteiger partial charge in [-0.25, -0.2) is 23.7 Å². The second-order valence-corrected chi connectivity index (χ2v) is 6.53. The van der Waals surface area contributed by atoms with Crippen LogP contribution in [0.3, 0.4) is 0 Å². The maximum atomic E-state index is 15.1. The highest BCUT2D eigenvalue weighted by atomic mass is 19.2. The van der Waals surface area contributed by atoms with Crippen molar-refractivity contribution in [2.24, 2.45) is 0 Å². The fourth-order valence-electron chi connectivity index (χ4n) is 2.71. The standard InChI is InChI=1S/C22H22F3N3O5/c1-4-14-6-7-18(17(23)10-14)26-21-16(22(31)27-32-9-8-29)11-15(19(24)20(21)25)12-28(13(3)30)33-5-2/h1,6-7,10-11,26,29H,5,8-9,12H2,2-3H3,(H,27,31). The number of terminal acetylenes is 1. The Morgan fingerprint density at radius 1 is 1.21 bits per heavy atom. The van der Waals surface area contributed by atoms with E-state index < -0.39 is 53.7 Å². The van der Waals surface area contributed by atoms with Gasteiger partial charge >= 0.3 is 0 Å². The summed E-state index contributed by atoms with van der Waals surface area (Å²) in [6, 6.07) is 4.54. The largest absolute Gasteiger partial charge is 0.394 e. The van der Waals surface area contributed by atoms with Crippen LogP contribution in [0.25, 0.3) is 0 Å². The van der Waals surface area contributed by atoms with Crippen LogP contribution in [0, 0.1) is 29.8 Å². The third kappa shape index (κ3) is 6.45. The minimum atomic E-state index is -1.50. The number of carbonyl (C=O) groups excluding carboxylic acids is 2. The zero-order chi connectivity index (χ0) is 24.5. The number of aliphatic hydroxyl groups excluding tert-OH is 1. The van der Waals surface area contributed by atoms with Gasteiger partial charge in [-0.05, 0) is 31.2 Å². The van der Waals surface area contributed by atoms with Crippen molar-refractivity contribution < 1.29 is 37.5 Å². The van der Waals surface area contributed by atoms with Crippen LogP contribution in [0.2, 0.25) is 0 Å². The summed E-state index contributed by atoms with van der Waals surface area (Å²) in [6.45, 7) is 1.66. The molecule has 0 aliphatic heterocycles. The normalized spacial score (nSPS) is 10.5. The molecule has 2 rings (SSSR count). The number of hydroxylamine groups is 3. The molecule has 0 radical (unpaired) electrons. The Hall–Kier alpha value is -3.59. The molecule has 176 valence electrons. The molecule has 2 amide bonds. The molecular weight excluding hydrogens is 443 g/mol. The summed E-state index contributed by atoms with van der Waals surface area (Å²) in [7, 11) is 0. The lowest BCUT2D eigenvalue weighted by molar-refractivity contribution is -0.186. The molecular formula is C22H22F3N3O5. The lowest BCUT2D eigenvalue weighted by atomic mass is 10.0. The Balaban J connectivity index is 2.55. The van der Waals surface area contributed by atoms with Crippen molar-refractivity contribution >= 4 is 23.2 Å². The number of carbonyl (C=O) groups is 2. The van der Waals surface area contributed by atoms with Crippen LogP contribution in [0.4, 0.5) is 24.5 Å². The first-order chi connectivity index (χ1) is 15.7. The van der Waals surface area contributed by atoms with Crippen LogP contribution in [0.5, 0.6) is 0 Å². The Bertz CT molecular complexity index is 1070. The van der Waals surface area contributed by atoms with E-state index in [1.54, 1.807) is 6.92 Å². The number of hydrogen-bond donors (Lipinski definition) is 3. The van der Waals surface area contributed by atoms with Gasteiger partial charge in [-0.2, -0.15) is 0 Å². The van der Waals surface area contributed by atoms with Crippen LogP contribution in [-0.2, 0) is 21.0 Å². The molecule has 0 spiro atoms. The summed E-state index contributed by atoms with van der Waals surface area (Å²) in [6.07, 6.45) is 5.22. The molecule has 2 aromatic carbocycles. The number of hydrogen-bond acceptors (Lipinski definition) is 6. The fraction of sp³-hybridized carbons (Fsp3) is 0.273. The van der Waals surface area contributed by atoms with Gasteiger partial charge in [-0.3, -0.25) is 19.3 Å². The highest BCUT2D eigenvalue weighted by Gasteiger charge is 2.25. The summed E-state index contributed by atoms with van der Waals surface area (Å²) in [5, 5.41) is 12.0. The zero-order valence-corrected chi connectivity index (χ0v) is 17.9. The Morgan fingerprint density at radius 3 is 2.52 bits per heavy atom. The lowest BCUT2D eigenvalue weighted by Gasteiger charge is -2.21. The molecule has 2 aromatic rings.